The van der Waals surface area contributed by atoms with Crippen LogP contribution in [0.4, 0.5) is 5.69 Å². The highest BCUT2D eigenvalue weighted by molar-refractivity contribution is 6.02. The molecule has 126 valence electrons. The number of amides is 1. The fraction of sp³-hybridized carbons (Fsp3) is 0.0435. The molecule has 3 rings (SSSR count). The maximum absolute atomic E-state index is 12.1. The van der Waals surface area contributed by atoms with Gasteiger partial charge in [-0.1, -0.05) is 47.9 Å². The second-order valence-electron chi connectivity index (χ2n) is 5.78. The summed E-state index contributed by atoms with van der Waals surface area (Å²) in [5.74, 6) is 5.88. The van der Waals surface area contributed by atoms with Crippen LogP contribution in [0.1, 0.15) is 22.4 Å². The van der Waals surface area contributed by atoms with Crippen LogP contribution in [-0.4, -0.2) is 10.9 Å². The molecule has 0 radical (unpaired) electrons. The van der Waals surface area contributed by atoms with E-state index in [0.29, 0.717) is 11.4 Å². The van der Waals surface area contributed by atoms with E-state index < -0.39 is 0 Å². The molecule has 0 unspecified atom stereocenters. The lowest BCUT2D eigenvalue weighted by molar-refractivity contribution is -0.111. The first kappa shape index (κ1) is 17.2. The first-order valence-corrected chi connectivity index (χ1v) is 8.28. The van der Waals surface area contributed by atoms with Gasteiger partial charge in [0.1, 0.15) is 5.69 Å². The van der Waals surface area contributed by atoms with Crippen molar-refractivity contribution in [3.63, 3.8) is 0 Å². The molecule has 0 fully saturated rings. The summed E-state index contributed by atoms with van der Waals surface area (Å²) in [5.41, 5.74) is 4.41. The van der Waals surface area contributed by atoms with Gasteiger partial charge in [-0.05, 0) is 54.8 Å². The third-order valence-corrected chi connectivity index (χ3v) is 3.63. The third kappa shape index (κ3) is 5.19. The van der Waals surface area contributed by atoms with Gasteiger partial charge in [-0.3, -0.25) is 4.79 Å². The van der Waals surface area contributed by atoms with Crippen LogP contribution in [0.25, 0.3) is 6.08 Å². The minimum Gasteiger partial charge on any atom is -0.322 e. The van der Waals surface area contributed by atoms with Gasteiger partial charge >= 0.3 is 0 Å². The minimum atomic E-state index is -0.180. The average molecular weight is 338 g/mol. The van der Waals surface area contributed by atoms with E-state index in [0.717, 1.165) is 11.1 Å². The van der Waals surface area contributed by atoms with Gasteiger partial charge in [-0.25, -0.2) is 4.98 Å². The largest absolute Gasteiger partial charge is 0.322 e. The summed E-state index contributed by atoms with van der Waals surface area (Å²) < 4.78 is 0. The normalized spacial score (nSPS) is 10.2. The highest BCUT2D eigenvalue weighted by Crippen LogP contribution is 2.11. The van der Waals surface area contributed by atoms with Gasteiger partial charge in [0.05, 0.1) is 0 Å². The van der Waals surface area contributed by atoms with Crippen LogP contribution in [0.15, 0.2) is 79.0 Å². The Labute approximate surface area is 153 Å². The van der Waals surface area contributed by atoms with E-state index in [-0.39, 0.29) is 5.91 Å². The monoisotopic (exact) mass is 338 g/mol. The van der Waals surface area contributed by atoms with Gasteiger partial charge in [-0.2, -0.15) is 0 Å². The summed E-state index contributed by atoms with van der Waals surface area (Å²) in [6.45, 7) is 2.03. The number of benzene rings is 2. The second kappa shape index (κ2) is 8.46. The number of nitrogens with one attached hydrogen (secondary N) is 1. The molecule has 0 aliphatic heterocycles. The number of aromatic nitrogens is 1. The molecule has 0 saturated heterocycles. The van der Waals surface area contributed by atoms with Crippen LogP contribution < -0.4 is 5.32 Å². The van der Waals surface area contributed by atoms with Gasteiger partial charge in [0.25, 0.3) is 0 Å². The van der Waals surface area contributed by atoms with Crippen LogP contribution in [0, 0.1) is 18.8 Å². The molecule has 0 spiro atoms. The first-order valence-electron chi connectivity index (χ1n) is 8.28. The molecule has 0 bridgehead atoms. The Morgan fingerprint density at radius 2 is 1.85 bits per heavy atom. The van der Waals surface area contributed by atoms with Crippen molar-refractivity contribution < 1.29 is 4.79 Å². The number of carbonyl (C=O) groups excluding carboxylic acids is 1. The van der Waals surface area contributed by atoms with Crippen molar-refractivity contribution in [3.8, 4) is 11.8 Å². The van der Waals surface area contributed by atoms with Crippen LogP contribution in [0.5, 0.6) is 0 Å². The lowest BCUT2D eigenvalue weighted by atomic mass is 10.1. The highest BCUT2D eigenvalue weighted by Gasteiger charge is 1.99. The van der Waals surface area contributed by atoms with Crippen LogP contribution >= 0.6 is 0 Å². The fourth-order valence-electron chi connectivity index (χ4n) is 2.28. The van der Waals surface area contributed by atoms with Crippen molar-refractivity contribution in [1.82, 2.24) is 4.98 Å². The standard InChI is InChI=1S/C23H18N2O/c1-18-8-10-19(11-9-18)13-15-23(26)25-22-7-4-5-20(17-22)12-14-21-6-2-3-16-24-21/h2-11,13,15-17H,1H3,(H,25,26)/b15-13+. The summed E-state index contributed by atoms with van der Waals surface area (Å²) in [6.07, 6.45) is 5.03. The van der Waals surface area contributed by atoms with Gasteiger partial charge in [-0.15, -0.1) is 0 Å². The van der Waals surface area contributed by atoms with Crippen LogP contribution in [0.2, 0.25) is 0 Å². The molecule has 2 aromatic carbocycles. The zero-order chi connectivity index (χ0) is 18.2. The van der Waals surface area contributed by atoms with E-state index in [1.807, 2.05) is 73.7 Å². The SMILES string of the molecule is Cc1ccc(/C=C/C(=O)Nc2cccc(C#Cc3ccccn3)c2)cc1. The number of hydrogen-bond donors (Lipinski definition) is 1. The number of nitrogens with zero attached hydrogens (tertiary/aromatic N) is 1. The summed E-state index contributed by atoms with van der Waals surface area (Å²) in [4.78, 5) is 16.3. The van der Waals surface area contributed by atoms with Gasteiger partial charge in [0, 0.05) is 23.5 Å². The Hall–Kier alpha value is -3.64. The molecule has 1 heterocycles. The number of anilines is 1. The van der Waals surface area contributed by atoms with Crippen molar-refractivity contribution in [3.05, 3.63) is 101 Å². The third-order valence-electron chi connectivity index (χ3n) is 3.63. The van der Waals surface area contributed by atoms with Crippen molar-refractivity contribution in [2.75, 3.05) is 5.32 Å². The summed E-state index contributed by atoms with van der Waals surface area (Å²) in [5, 5.41) is 2.85. The number of pyridine rings is 1. The molecule has 3 aromatic rings. The quantitative estimate of drug-likeness (QED) is 0.566. The smallest absolute Gasteiger partial charge is 0.248 e. The first-order chi connectivity index (χ1) is 12.7. The molecule has 26 heavy (non-hydrogen) atoms. The number of hydrogen-bond acceptors (Lipinski definition) is 2. The zero-order valence-corrected chi connectivity index (χ0v) is 14.4. The molecule has 0 aliphatic carbocycles. The lowest BCUT2D eigenvalue weighted by Crippen LogP contribution is -2.07. The van der Waals surface area contributed by atoms with Gasteiger partial charge in [0.2, 0.25) is 5.91 Å². The molecule has 0 saturated carbocycles. The Balaban J connectivity index is 1.66. The van der Waals surface area contributed by atoms with E-state index in [1.54, 1.807) is 12.3 Å². The molecule has 3 heteroatoms. The van der Waals surface area contributed by atoms with Crippen molar-refractivity contribution in [1.29, 1.82) is 0 Å². The van der Waals surface area contributed by atoms with E-state index >= 15 is 0 Å². The zero-order valence-electron chi connectivity index (χ0n) is 14.4. The second-order valence-corrected chi connectivity index (χ2v) is 5.78. The van der Waals surface area contributed by atoms with Crippen LogP contribution in [0.3, 0.4) is 0 Å². The molecular weight excluding hydrogens is 320 g/mol. The Morgan fingerprint density at radius 3 is 2.62 bits per heavy atom. The molecule has 1 amide bonds. The van der Waals surface area contributed by atoms with E-state index in [9.17, 15) is 4.79 Å². The van der Waals surface area contributed by atoms with Crippen LogP contribution in [-0.2, 0) is 4.79 Å². The topological polar surface area (TPSA) is 42.0 Å². The number of carbonyl (C=O) groups is 1. The maximum Gasteiger partial charge on any atom is 0.248 e. The Kier molecular flexibility index (Phi) is 5.59. The average Bonchev–Trinajstić information content (AvgIpc) is 2.67. The Bertz CT molecular complexity index is 978. The number of aryl methyl sites for hydroxylation is 1. The predicted octanol–water partition coefficient (Wildman–Crippen LogP) is 4.44. The lowest BCUT2D eigenvalue weighted by Gasteiger charge is -2.02. The van der Waals surface area contributed by atoms with E-state index in [4.69, 9.17) is 0 Å². The maximum atomic E-state index is 12.1. The van der Waals surface area contributed by atoms with Gasteiger partial charge in [0.15, 0.2) is 0 Å². The summed E-state index contributed by atoms with van der Waals surface area (Å²) >= 11 is 0. The number of rotatable bonds is 3. The predicted molar refractivity (Wildman–Crippen MR) is 106 cm³/mol. The Morgan fingerprint density at radius 1 is 1.00 bits per heavy atom. The minimum absolute atomic E-state index is 0.180. The van der Waals surface area contributed by atoms with Crippen molar-refractivity contribution in [2.24, 2.45) is 0 Å². The van der Waals surface area contributed by atoms with Crippen molar-refractivity contribution in [2.45, 2.75) is 6.92 Å². The summed E-state index contributed by atoms with van der Waals surface area (Å²) in [6, 6.07) is 21.0. The molecular formula is C23H18N2O. The highest BCUT2D eigenvalue weighted by atomic mass is 16.1. The summed E-state index contributed by atoms with van der Waals surface area (Å²) in [7, 11) is 0. The molecule has 1 N–H and O–H groups in total. The van der Waals surface area contributed by atoms with E-state index in [2.05, 4.69) is 22.1 Å². The molecule has 1 aromatic heterocycles. The van der Waals surface area contributed by atoms with E-state index in [1.165, 1.54) is 11.6 Å². The van der Waals surface area contributed by atoms with Gasteiger partial charge < -0.3 is 5.32 Å². The van der Waals surface area contributed by atoms with Crippen molar-refractivity contribution >= 4 is 17.7 Å². The fourth-order valence-corrected chi connectivity index (χ4v) is 2.28. The molecule has 0 aliphatic rings. The molecule has 3 nitrogen and oxygen atoms in total. The molecule has 0 atom stereocenters.